The molecule has 7 nitrogen and oxygen atoms in total. The first kappa shape index (κ1) is 20.7. The smallest absolute Gasteiger partial charge is 0.306 e. The quantitative estimate of drug-likeness (QED) is 0.786. The molecule has 1 atom stereocenters. The molecule has 1 aromatic rings. The summed E-state index contributed by atoms with van der Waals surface area (Å²) in [7, 11) is 3.23. The average Bonchev–Trinajstić information content (AvgIpc) is 2.68. The molecule has 1 fully saturated rings. The number of ether oxygens (including phenoxy) is 1. The summed E-state index contributed by atoms with van der Waals surface area (Å²) >= 11 is 0. The van der Waals surface area contributed by atoms with Crippen LogP contribution in [0.2, 0.25) is 0 Å². The van der Waals surface area contributed by atoms with Crippen molar-refractivity contribution in [1.82, 2.24) is 9.80 Å². The van der Waals surface area contributed by atoms with Crippen LogP contribution in [0.15, 0.2) is 24.3 Å². The number of hydrogen-bond donors (Lipinski definition) is 1. The maximum atomic E-state index is 12.8. The van der Waals surface area contributed by atoms with E-state index in [9.17, 15) is 14.4 Å². The number of carbonyl (C=O) groups is 3. The lowest BCUT2D eigenvalue weighted by Gasteiger charge is -2.32. The zero-order chi connectivity index (χ0) is 20.0. The molecule has 1 unspecified atom stereocenters. The molecule has 1 heterocycles. The lowest BCUT2D eigenvalue weighted by Crippen LogP contribution is -2.46. The lowest BCUT2D eigenvalue weighted by atomic mass is 9.95. The molecule has 2 amide bonds. The molecule has 2 rings (SSSR count). The van der Waals surface area contributed by atoms with E-state index >= 15 is 0 Å². The Kier molecular flexibility index (Phi) is 7.21. The molecule has 1 aromatic carbocycles. The van der Waals surface area contributed by atoms with Crippen molar-refractivity contribution in [1.29, 1.82) is 0 Å². The van der Waals surface area contributed by atoms with Gasteiger partial charge >= 0.3 is 5.97 Å². The van der Waals surface area contributed by atoms with Crippen LogP contribution in [0.1, 0.15) is 37.7 Å². The number of amides is 2. The van der Waals surface area contributed by atoms with Gasteiger partial charge in [0.05, 0.1) is 25.5 Å². The Morgan fingerprint density at radius 3 is 2.30 bits per heavy atom. The predicted molar refractivity (Wildman–Crippen MR) is 101 cm³/mol. The molecule has 1 aliphatic heterocycles. The first-order valence-corrected chi connectivity index (χ1v) is 9.26. The molecular formula is C20H28N2O5. The van der Waals surface area contributed by atoms with Gasteiger partial charge in [-0.25, -0.2) is 0 Å². The van der Waals surface area contributed by atoms with Gasteiger partial charge in [-0.2, -0.15) is 0 Å². The number of carboxylic acids is 1. The van der Waals surface area contributed by atoms with Gasteiger partial charge in [0.1, 0.15) is 5.75 Å². The molecule has 0 radical (unpaired) electrons. The highest BCUT2D eigenvalue weighted by atomic mass is 16.5. The maximum Gasteiger partial charge on any atom is 0.306 e. The first-order chi connectivity index (χ1) is 12.9. The summed E-state index contributed by atoms with van der Waals surface area (Å²) in [6.45, 7) is 2.80. The molecular weight excluding hydrogens is 348 g/mol. The molecule has 0 aliphatic carbocycles. The molecule has 0 aromatic heterocycles. The number of likely N-dealkylation sites (N-methyl/N-ethyl adjacent to an activating group) is 1. The molecule has 1 saturated heterocycles. The molecule has 148 valence electrons. The molecule has 1 aliphatic rings. The first-order valence-electron chi connectivity index (χ1n) is 9.26. The zero-order valence-electron chi connectivity index (χ0n) is 16.2. The van der Waals surface area contributed by atoms with Gasteiger partial charge in [0.15, 0.2) is 0 Å². The molecule has 27 heavy (non-hydrogen) atoms. The standard InChI is InChI=1S/C20H28N2O5/c1-4-17(14-5-7-16(27-3)8-6-14)19(24)21(2)13-18(23)22-11-9-15(10-12-22)20(25)26/h5-8,15,17H,4,9-13H2,1-3H3,(H,25,26). The number of benzene rings is 1. The van der Waals surface area contributed by atoms with Crippen molar-refractivity contribution in [3.8, 4) is 5.75 Å². The van der Waals surface area contributed by atoms with E-state index in [0.29, 0.717) is 32.4 Å². The van der Waals surface area contributed by atoms with E-state index in [1.807, 2.05) is 31.2 Å². The minimum absolute atomic E-state index is 0.00320. The Hall–Kier alpha value is -2.57. The molecule has 1 N–H and O–H groups in total. The van der Waals surface area contributed by atoms with Crippen LogP contribution in [0.5, 0.6) is 5.75 Å². The van der Waals surface area contributed by atoms with Crippen LogP contribution in [0, 0.1) is 5.92 Å². The van der Waals surface area contributed by atoms with E-state index in [-0.39, 0.29) is 30.2 Å². The topological polar surface area (TPSA) is 87.2 Å². The number of aliphatic carboxylic acids is 1. The van der Waals surface area contributed by atoms with Crippen molar-refractivity contribution in [2.75, 3.05) is 33.8 Å². The number of nitrogens with zero attached hydrogens (tertiary/aromatic N) is 2. The highest BCUT2D eigenvalue weighted by Crippen LogP contribution is 2.24. The van der Waals surface area contributed by atoms with Crippen molar-refractivity contribution in [3.05, 3.63) is 29.8 Å². The Balaban J connectivity index is 1.94. The Morgan fingerprint density at radius 2 is 1.81 bits per heavy atom. The zero-order valence-corrected chi connectivity index (χ0v) is 16.2. The van der Waals surface area contributed by atoms with E-state index < -0.39 is 5.97 Å². The van der Waals surface area contributed by atoms with Gasteiger partial charge in [0.2, 0.25) is 11.8 Å². The second kappa shape index (κ2) is 9.39. The van der Waals surface area contributed by atoms with Gasteiger partial charge in [-0.15, -0.1) is 0 Å². The van der Waals surface area contributed by atoms with Crippen molar-refractivity contribution in [3.63, 3.8) is 0 Å². The van der Waals surface area contributed by atoms with Crippen LogP contribution in [-0.2, 0) is 14.4 Å². The van der Waals surface area contributed by atoms with Gasteiger partial charge < -0.3 is 19.6 Å². The Bertz CT molecular complexity index is 665. The van der Waals surface area contributed by atoms with Crippen LogP contribution in [0.4, 0.5) is 0 Å². The van der Waals surface area contributed by atoms with E-state index in [1.165, 1.54) is 4.90 Å². The highest BCUT2D eigenvalue weighted by Gasteiger charge is 2.29. The van der Waals surface area contributed by atoms with Crippen LogP contribution >= 0.6 is 0 Å². The van der Waals surface area contributed by atoms with Crippen molar-refractivity contribution < 1.29 is 24.2 Å². The average molecular weight is 376 g/mol. The highest BCUT2D eigenvalue weighted by molar-refractivity contribution is 5.88. The van der Waals surface area contributed by atoms with Gasteiger partial charge in [0, 0.05) is 20.1 Å². The fraction of sp³-hybridized carbons (Fsp3) is 0.550. The van der Waals surface area contributed by atoms with E-state index in [0.717, 1.165) is 11.3 Å². The second-order valence-corrected chi connectivity index (χ2v) is 6.92. The third-order valence-corrected chi connectivity index (χ3v) is 5.17. The van der Waals surface area contributed by atoms with E-state index in [4.69, 9.17) is 9.84 Å². The predicted octanol–water partition coefficient (Wildman–Crippen LogP) is 1.97. The monoisotopic (exact) mass is 376 g/mol. The second-order valence-electron chi connectivity index (χ2n) is 6.92. The van der Waals surface area contributed by atoms with Crippen LogP contribution in [-0.4, -0.2) is 66.5 Å². The number of piperidine rings is 1. The van der Waals surface area contributed by atoms with Crippen molar-refractivity contribution in [2.45, 2.75) is 32.1 Å². The number of likely N-dealkylation sites (tertiary alicyclic amines) is 1. The fourth-order valence-electron chi connectivity index (χ4n) is 3.41. The van der Waals surface area contributed by atoms with Crippen LogP contribution < -0.4 is 4.74 Å². The summed E-state index contributed by atoms with van der Waals surface area (Å²) in [6.07, 6.45) is 1.55. The molecule has 7 heteroatoms. The minimum Gasteiger partial charge on any atom is -0.497 e. The van der Waals surface area contributed by atoms with Crippen LogP contribution in [0.25, 0.3) is 0 Å². The third-order valence-electron chi connectivity index (χ3n) is 5.17. The summed E-state index contributed by atoms with van der Waals surface area (Å²) in [5, 5.41) is 9.05. The third kappa shape index (κ3) is 5.21. The number of hydrogen-bond acceptors (Lipinski definition) is 4. The van der Waals surface area contributed by atoms with Crippen molar-refractivity contribution >= 4 is 17.8 Å². The molecule has 0 saturated carbocycles. The maximum absolute atomic E-state index is 12.8. The lowest BCUT2D eigenvalue weighted by molar-refractivity contribution is -0.146. The summed E-state index contributed by atoms with van der Waals surface area (Å²) in [5.41, 5.74) is 0.893. The Morgan fingerprint density at radius 1 is 1.22 bits per heavy atom. The summed E-state index contributed by atoms with van der Waals surface area (Å²) < 4.78 is 5.15. The number of methoxy groups -OCH3 is 1. The van der Waals surface area contributed by atoms with Gasteiger partial charge in [0.25, 0.3) is 0 Å². The largest absolute Gasteiger partial charge is 0.497 e. The number of carbonyl (C=O) groups excluding carboxylic acids is 2. The fourth-order valence-corrected chi connectivity index (χ4v) is 3.41. The molecule has 0 spiro atoms. The van der Waals surface area contributed by atoms with E-state index in [2.05, 4.69) is 0 Å². The SMILES string of the molecule is CCC(C(=O)N(C)CC(=O)N1CCC(C(=O)O)CC1)c1ccc(OC)cc1. The van der Waals surface area contributed by atoms with Crippen LogP contribution in [0.3, 0.4) is 0 Å². The summed E-state index contributed by atoms with van der Waals surface area (Å²) in [6, 6.07) is 7.39. The van der Waals surface area contributed by atoms with E-state index in [1.54, 1.807) is 19.1 Å². The summed E-state index contributed by atoms with van der Waals surface area (Å²) in [5.74, 6) is -1.01. The van der Waals surface area contributed by atoms with Gasteiger partial charge in [-0.1, -0.05) is 19.1 Å². The number of rotatable bonds is 7. The van der Waals surface area contributed by atoms with Crippen molar-refractivity contribution in [2.24, 2.45) is 5.92 Å². The normalized spacial score (nSPS) is 15.9. The number of carboxylic acid groups (broad SMARTS) is 1. The van der Waals surface area contributed by atoms with Gasteiger partial charge in [-0.3, -0.25) is 14.4 Å². The summed E-state index contributed by atoms with van der Waals surface area (Å²) in [4.78, 5) is 39.5. The molecule has 0 bridgehead atoms. The van der Waals surface area contributed by atoms with Gasteiger partial charge in [-0.05, 0) is 37.0 Å². The minimum atomic E-state index is -0.806. The Labute approximate surface area is 159 Å².